The highest BCUT2D eigenvalue weighted by atomic mass is 35.5. The van der Waals surface area contributed by atoms with Crippen LogP contribution in [0.15, 0.2) is 0 Å². The van der Waals surface area contributed by atoms with Gasteiger partial charge in [-0.3, -0.25) is 14.6 Å². The summed E-state index contributed by atoms with van der Waals surface area (Å²) in [7, 11) is 1.89. The second-order valence-corrected chi connectivity index (χ2v) is 6.59. The van der Waals surface area contributed by atoms with Crippen molar-refractivity contribution in [3.8, 4) is 0 Å². The Kier molecular flexibility index (Phi) is 11.4. The molecule has 0 bridgehead atoms. The summed E-state index contributed by atoms with van der Waals surface area (Å²) in [5.41, 5.74) is 0. The van der Waals surface area contributed by atoms with E-state index < -0.39 is 0 Å². The van der Waals surface area contributed by atoms with Crippen molar-refractivity contribution in [2.24, 2.45) is 0 Å². The normalized spacial score (nSPS) is 25.8. The van der Waals surface area contributed by atoms with Gasteiger partial charge in [-0.05, 0) is 33.7 Å². The Morgan fingerprint density at radius 1 is 1.00 bits per heavy atom. The van der Waals surface area contributed by atoms with Gasteiger partial charge in [-0.2, -0.15) is 0 Å². The van der Waals surface area contributed by atoms with Crippen LogP contribution in [0.1, 0.15) is 33.1 Å². The molecule has 0 saturated carbocycles. The van der Waals surface area contributed by atoms with Crippen molar-refractivity contribution in [1.82, 2.24) is 20.0 Å². The summed E-state index contributed by atoms with van der Waals surface area (Å²) >= 11 is 0. The van der Waals surface area contributed by atoms with Crippen LogP contribution < -0.4 is 5.32 Å². The average Bonchev–Trinajstić information content (AvgIpc) is 2.82. The van der Waals surface area contributed by atoms with Crippen LogP contribution in [0, 0.1) is 0 Å². The van der Waals surface area contributed by atoms with Gasteiger partial charge in [0.25, 0.3) is 0 Å². The van der Waals surface area contributed by atoms with Crippen molar-refractivity contribution in [1.29, 1.82) is 0 Å². The summed E-state index contributed by atoms with van der Waals surface area (Å²) in [5.74, 6) is 0.297. The fraction of sp³-hybridized carbons (Fsp3) is 0.938. The van der Waals surface area contributed by atoms with Crippen LogP contribution in [0.4, 0.5) is 0 Å². The summed E-state index contributed by atoms with van der Waals surface area (Å²) in [4.78, 5) is 19.2. The van der Waals surface area contributed by atoms with Gasteiger partial charge < -0.3 is 10.2 Å². The molecule has 2 aliphatic heterocycles. The predicted octanol–water partition coefficient (Wildman–Crippen LogP) is 1.46. The first-order chi connectivity index (χ1) is 10.1. The molecule has 1 amide bonds. The van der Waals surface area contributed by atoms with Crippen molar-refractivity contribution >= 4 is 30.7 Å². The lowest BCUT2D eigenvalue weighted by Crippen LogP contribution is -2.51. The van der Waals surface area contributed by atoms with E-state index in [1.807, 2.05) is 11.9 Å². The quantitative estimate of drug-likeness (QED) is 0.770. The molecule has 7 heteroatoms. The number of nitrogens with zero attached hydrogens (tertiary/aromatic N) is 3. The lowest BCUT2D eigenvalue weighted by atomic mass is 10.2. The van der Waals surface area contributed by atoms with Gasteiger partial charge >= 0.3 is 0 Å². The SMILES string of the molecule is CNCCC(=O)N1CCN(CCN2C(C)CCC2C)CC1.Cl.Cl. The zero-order valence-electron chi connectivity index (χ0n) is 14.8. The lowest BCUT2D eigenvalue weighted by Gasteiger charge is -2.36. The van der Waals surface area contributed by atoms with E-state index in [4.69, 9.17) is 0 Å². The number of halogens is 2. The molecule has 2 saturated heterocycles. The van der Waals surface area contributed by atoms with Crippen LogP contribution in [0.5, 0.6) is 0 Å². The third-order valence-corrected chi connectivity index (χ3v) is 5.12. The Morgan fingerprint density at radius 3 is 2.09 bits per heavy atom. The molecule has 0 aliphatic carbocycles. The molecular weight excluding hydrogens is 335 g/mol. The molecular formula is C16H34Cl2N4O. The topological polar surface area (TPSA) is 38.8 Å². The zero-order chi connectivity index (χ0) is 15.2. The number of likely N-dealkylation sites (tertiary alicyclic amines) is 1. The van der Waals surface area contributed by atoms with Crippen LogP contribution in [-0.4, -0.2) is 85.6 Å². The minimum Gasteiger partial charge on any atom is -0.340 e. The molecule has 2 atom stereocenters. The molecule has 0 spiro atoms. The molecule has 2 heterocycles. The number of carbonyl (C=O) groups is 1. The number of hydrogen-bond donors (Lipinski definition) is 1. The van der Waals surface area contributed by atoms with E-state index in [9.17, 15) is 4.79 Å². The highest BCUT2D eigenvalue weighted by molar-refractivity contribution is 5.85. The molecule has 1 N–H and O–H groups in total. The van der Waals surface area contributed by atoms with Crippen molar-refractivity contribution < 1.29 is 4.79 Å². The molecule has 23 heavy (non-hydrogen) atoms. The maximum atomic E-state index is 12.0. The smallest absolute Gasteiger partial charge is 0.223 e. The second-order valence-electron chi connectivity index (χ2n) is 6.59. The third kappa shape index (κ3) is 6.75. The van der Waals surface area contributed by atoms with Gasteiger partial charge in [-0.25, -0.2) is 0 Å². The predicted molar refractivity (Wildman–Crippen MR) is 101 cm³/mol. The van der Waals surface area contributed by atoms with Gasteiger partial charge in [-0.1, -0.05) is 0 Å². The van der Waals surface area contributed by atoms with Crippen molar-refractivity contribution in [2.45, 2.75) is 45.2 Å². The van der Waals surface area contributed by atoms with E-state index in [0.29, 0.717) is 12.3 Å². The van der Waals surface area contributed by atoms with Gasteiger partial charge in [0.2, 0.25) is 5.91 Å². The van der Waals surface area contributed by atoms with Gasteiger partial charge in [0, 0.05) is 64.3 Å². The first-order valence-electron chi connectivity index (χ1n) is 8.52. The maximum absolute atomic E-state index is 12.0. The fourth-order valence-corrected chi connectivity index (χ4v) is 3.56. The molecule has 0 aromatic carbocycles. The minimum atomic E-state index is 0. The van der Waals surface area contributed by atoms with Crippen LogP contribution >= 0.6 is 24.8 Å². The minimum absolute atomic E-state index is 0. The molecule has 2 unspecified atom stereocenters. The summed E-state index contributed by atoms with van der Waals surface area (Å²) in [5, 5.41) is 3.04. The van der Waals surface area contributed by atoms with Crippen LogP contribution in [0.3, 0.4) is 0 Å². The number of rotatable bonds is 6. The van der Waals surface area contributed by atoms with E-state index in [1.165, 1.54) is 19.4 Å². The Labute approximate surface area is 153 Å². The van der Waals surface area contributed by atoms with Gasteiger partial charge in [0.15, 0.2) is 0 Å². The van der Waals surface area contributed by atoms with Gasteiger partial charge in [0.05, 0.1) is 0 Å². The molecule has 5 nitrogen and oxygen atoms in total. The zero-order valence-corrected chi connectivity index (χ0v) is 16.4. The summed E-state index contributed by atoms with van der Waals surface area (Å²) in [6.07, 6.45) is 3.31. The van der Waals surface area contributed by atoms with Crippen molar-refractivity contribution in [3.05, 3.63) is 0 Å². The highest BCUT2D eigenvalue weighted by Gasteiger charge is 2.28. The first kappa shape index (κ1) is 22.9. The van der Waals surface area contributed by atoms with E-state index in [2.05, 4.69) is 29.0 Å². The van der Waals surface area contributed by atoms with Crippen LogP contribution in [0.25, 0.3) is 0 Å². The van der Waals surface area contributed by atoms with Gasteiger partial charge in [0.1, 0.15) is 0 Å². The third-order valence-electron chi connectivity index (χ3n) is 5.12. The first-order valence-corrected chi connectivity index (χ1v) is 8.52. The molecule has 0 aromatic heterocycles. The van der Waals surface area contributed by atoms with E-state index in [1.54, 1.807) is 0 Å². The molecule has 0 radical (unpaired) electrons. The Balaban J connectivity index is 0.00000242. The molecule has 2 rings (SSSR count). The largest absolute Gasteiger partial charge is 0.340 e. The number of piperazine rings is 1. The Hall–Kier alpha value is -0.0700. The standard InChI is InChI=1S/C16H32N4O.2ClH/c1-14-4-5-15(2)20(14)13-10-18-8-11-19(12-9-18)16(21)6-7-17-3;;/h14-15,17H,4-13H2,1-3H3;2*1H. The highest BCUT2D eigenvalue weighted by Crippen LogP contribution is 2.22. The summed E-state index contributed by atoms with van der Waals surface area (Å²) in [6, 6.07) is 1.48. The monoisotopic (exact) mass is 368 g/mol. The fourth-order valence-electron chi connectivity index (χ4n) is 3.56. The Bertz CT molecular complexity index is 328. The van der Waals surface area contributed by atoms with Crippen molar-refractivity contribution in [3.63, 3.8) is 0 Å². The lowest BCUT2D eigenvalue weighted by molar-refractivity contribution is -0.132. The van der Waals surface area contributed by atoms with E-state index in [0.717, 1.165) is 51.4 Å². The van der Waals surface area contributed by atoms with Crippen molar-refractivity contribution in [2.75, 3.05) is 52.9 Å². The van der Waals surface area contributed by atoms with Crippen LogP contribution in [0.2, 0.25) is 0 Å². The second kappa shape index (κ2) is 11.5. The number of hydrogen-bond acceptors (Lipinski definition) is 4. The molecule has 0 aromatic rings. The number of amides is 1. The molecule has 2 fully saturated rings. The van der Waals surface area contributed by atoms with E-state index >= 15 is 0 Å². The van der Waals surface area contributed by atoms with Crippen LogP contribution in [-0.2, 0) is 4.79 Å². The maximum Gasteiger partial charge on any atom is 0.223 e. The molecule has 2 aliphatic rings. The average molecular weight is 369 g/mol. The van der Waals surface area contributed by atoms with Gasteiger partial charge in [-0.15, -0.1) is 24.8 Å². The summed E-state index contributed by atoms with van der Waals surface area (Å²) in [6.45, 7) is 11.7. The Morgan fingerprint density at radius 2 is 1.57 bits per heavy atom. The number of carbonyl (C=O) groups excluding carboxylic acids is 1. The number of nitrogens with one attached hydrogen (secondary N) is 1. The molecule has 138 valence electrons. The summed E-state index contributed by atoms with van der Waals surface area (Å²) < 4.78 is 0. The van der Waals surface area contributed by atoms with E-state index in [-0.39, 0.29) is 24.8 Å².